The van der Waals surface area contributed by atoms with Crippen LogP contribution in [0.5, 0.6) is 0 Å². The van der Waals surface area contributed by atoms with Crippen LogP contribution >= 0.6 is 38.9 Å². The second-order valence-electron chi connectivity index (χ2n) is 4.86. The molecule has 0 atom stereocenters. The van der Waals surface area contributed by atoms with Gasteiger partial charge in [-0.1, -0.05) is 6.07 Å². The van der Waals surface area contributed by atoms with Crippen LogP contribution in [0.4, 0.5) is 0 Å². The van der Waals surface area contributed by atoms with Gasteiger partial charge in [0.25, 0.3) is 0 Å². The molecule has 0 N–H and O–H groups in total. The number of fused-ring (bicyclic) bond motifs is 1. The van der Waals surface area contributed by atoms with Crippen LogP contribution in [0.3, 0.4) is 0 Å². The van der Waals surface area contributed by atoms with E-state index in [4.69, 9.17) is 11.6 Å². The van der Waals surface area contributed by atoms with E-state index < -0.39 is 10.0 Å². The van der Waals surface area contributed by atoms with Crippen LogP contribution < -0.4 is 0 Å². The first kappa shape index (κ1) is 15.5. The third-order valence-electron chi connectivity index (χ3n) is 3.54. The molecule has 1 aromatic heterocycles. The molecule has 0 saturated heterocycles. The minimum atomic E-state index is -3.51. The van der Waals surface area contributed by atoms with Crippen LogP contribution in [0, 0.1) is 0 Å². The van der Waals surface area contributed by atoms with Crippen molar-refractivity contribution < 1.29 is 8.42 Å². The highest BCUT2D eigenvalue weighted by Crippen LogP contribution is 2.31. The molecular weight excluding hydrogens is 394 g/mol. The Morgan fingerprint density at radius 1 is 1.33 bits per heavy atom. The van der Waals surface area contributed by atoms with Gasteiger partial charge < -0.3 is 0 Å². The van der Waals surface area contributed by atoms with Crippen molar-refractivity contribution in [1.29, 1.82) is 0 Å². The summed E-state index contributed by atoms with van der Waals surface area (Å²) in [6.45, 7) is 0.964. The highest BCUT2D eigenvalue weighted by molar-refractivity contribution is 9.10. The van der Waals surface area contributed by atoms with Crippen molar-refractivity contribution in [3.05, 3.63) is 50.1 Å². The van der Waals surface area contributed by atoms with Crippen LogP contribution in [0.1, 0.15) is 16.0 Å². The van der Waals surface area contributed by atoms with E-state index in [1.807, 2.05) is 17.5 Å². The van der Waals surface area contributed by atoms with Crippen LogP contribution in [0.15, 0.2) is 39.0 Å². The summed E-state index contributed by atoms with van der Waals surface area (Å²) in [6.07, 6.45) is 0.777. The van der Waals surface area contributed by atoms with Gasteiger partial charge in [-0.15, -0.1) is 22.9 Å². The number of benzene rings is 1. The topological polar surface area (TPSA) is 37.4 Å². The molecular formula is C14H13BrClNO2S2. The smallest absolute Gasteiger partial charge is 0.207 e. The molecule has 0 spiro atoms. The quantitative estimate of drug-likeness (QED) is 0.723. The summed E-state index contributed by atoms with van der Waals surface area (Å²) in [6, 6.07) is 7.22. The maximum absolute atomic E-state index is 12.9. The van der Waals surface area contributed by atoms with Gasteiger partial charge in [-0.3, -0.25) is 0 Å². The van der Waals surface area contributed by atoms with E-state index in [1.54, 1.807) is 27.8 Å². The number of hydrogen-bond donors (Lipinski definition) is 0. The molecule has 112 valence electrons. The normalized spacial score (nSPS) is 15.9. The molecule has 3 nitrogen and oxygen atoms in total. The number of nitrogens with zero attached hydrogens (tertiary/aromatic N) is 1. The molecule has 0 amide bonds. The Morgan fingerprint density at radius 2 is 2.14 bits per heavy atom. The van der Waals surface area contributed by atoms with Crippen molar-refractivity contribution in [1.82, 2.24) is 4.31 Å². The summed E-state index contributed by atoms with van der Waals surface area (Å²) in [4.78, 5) is 1.58. The van der Waals surface area contributed by atoms with Gasteiger partial charge in [-0.25, -0.2) is 8.42 Å². The van der Waals surface area contributed by atoms with Crippen LogP contribution in [0.2, 0.25) is 0 Å². The van der Waals surface area contributed by atoms with E-state index in [9.17, 15) is 8.42 Å². The summed E-state index contributed by atoms with van der Waals surface area (Å²) in [5.41, 5.74) is 1.91. The molecule has 21 heavy (non-hydrogen) atoms. The lowest BCUT2D eigenvalue weighted by molar-refractivity contribution is 0.394. The average Bonchev–Trinajstić information content (AvgIpc) is 2.95. The van der Waals surface area contributed by atoms with Crippen molar-refractivity contribution in [3.63, 3.8) is 0 Å². The van der Waals surface area contributed by atoms with Crippen molar-refractivity contribution in [2.45, 2.75) is 23.7 Å². The largest absolute Gasteiger partial charge is 0.244 e. The molecule has 0 bridgehead atoms. The third kappa shape index (κ3) is 2.92. The fourth-order valence-corrected chi connectivity index (χ4v) is 5.85. The second kappa shape index (κ2) is 6.01. The van der Waals surface area contributed by atoms with Crippen molar-refractivity contribution in [3.8, 4) is 0 Å². The summed E-state index contributed by atoms with van der Waals surface area (Å²) in [5, 5.41) is 2.02. The first-order valence-electron chi connectivity index (χ1n) is 6.42. The van der Waals surface area contributed by atoms with E-state index >= 15 is 0 Å². The molecule has 1 aromatic carbocycles. The molecule has 1 aliphatic heterocycles. The SMILES string of the molecule is O=S(=O)(c1cc(CCl)ccc1Br)N1CCc2sccc2C1. The van der Waals surface area contributed by atoms with Crippen molar-refractivity contribution in [2.24, 2.45) is 0 Å². The predicted octanol–water partition coefficient (Wildman–Crippen LogP) is 4.00. The number of thiophene rings is 1. The molecule has 2 heterocycles. The van der Waals surface area contributed by atoms with Gasteiger partial charge in [0.2, 0.25) is 10.0 Å². The lowest BCUT2D eigenvalue weighted by atomic mass is 10.1. The number of halogens is 2. The van der Waals surface area contributed by atoms with Crippen molar-refractivity contribution >= 4 is 48.9 Å². The standard InChI is InChI=1S/C14H13BrClNO2S2/c15-12-2-1-10(8-16)7-14(12)21(18,19)17-5-3-13-11(9-17)4-6-20-13/h1-2,4,6-7H,3,5,8-9H2. The Balaban J connectivity index is 1.98. The lowest BCUT2D eigenvalue weighted by Crippen LogP contribution is -2.35. The predicted molar refractivity (Wildman–Crippen MR) is 89.3 cm³/mol. The Kier molecular flexibility index (Phi) is 4.43. The van der Waals surface area contributed by atoms with E-state index in [0.29, 0.717) is 28.3 Å². The van der Waals surface area contributed by atoms with Gasteiger partial charge >= 0.3 is 0 Å². The van der Waals surface area contributed by atoms with Crippen molar-refractivity contribution in [2.75, 3.05) is 6.54 Å². The monoisotopic (exact) mass is 405 g/mol. The number of sulfonamides is 1. The maximum atomic E-state index is 12.9. The molecule has 7 heteroatoms. The summed E-state index contributed by atoms with van der Waals surface area (Å²) in [7, 11) is -3.51. The first-order chi connectivity index (χ1) is 10.0. The van der Waals surface area contributed by atoms with Crippen LogP contribution in [-0.2, 0) is 28.9 Å². The molecule has 2 aromatic rings. The number of rotatable bonds is 3. The second-order valence-corrected chi connectivity index (χ2v) is 8.88. The lowest BCUT2D eigenvalue weighted by Gasteiger charge is -2.26. The molecule has 3 rings (SSSR count). The molecule has 0 saturated carbocycles. The van der Waals surface area contributed by atoms with E-state index in [1.165, 1.54) is 4.88 Å². The molecule has 0 aliphatic carbocycles. The first-order valence-corrected chi connectivity index (χ1v) is 10.1. The van der Waals surface area contributed by atoms with Crippen LogP contribution in [0.25, 0.3) is 0 Å². The molecule has 1 aliphatic rings. The van der Waals surface area contributed by atoms with Gasteiger partial charge in [0.15, 0.2) is 0 Å². The van der Waals surface area contributed by atoms with Gasteiger partial charge in [0.05, 0.1) is 4.90 Å². The molecule has 0 fully saturated rings. The fraction of sp³-hybridized carbons (Fsp3) is 0.286. The summed E-state index contributed by atoms with van der Waals surface area (Å²) >= 11 is 10.9. The van der Waals surface area contributed by atoms with E-state index in [2.05, 4.69) is 15.9 Å². The highest BCUT2D eigenvalue weighted by atomic mass is 79.9. The van der Waals surface area contributed by atoms with Gasteiger partial charge in [-0.2, -0.15) is 4.31 Å². The average molecular weight is 407 g/mol. The zero-order valence-electron chi connectivity index (χ0n) is 11.1. The third-order valence-corrected chi connectivity index (χ3v) is 7.71. The minimum absolute atomic E-state index is 0.291. The summed E-state index contributed by atoms with van der Waals surface area (Å²) < 4.78 is 27.8. The van der Waals surface area contributed by atoms with Crippen LogP contribution in [-0.4, -0.2) is 19.3 Å². The number of alkyl halides is 1. The Labute approximate surface area is 141 Å². The molecule has 0 radical (unpaired) electrons. The van der Waals surface area contributed by atoms with E-state index in [0.717, 1.165) is 17.5 Å². The van der Waals surface area contributed by atoms with Gasteiger partial charge in [0, 0.05) is 28.3 Å². The zero-order valence-corrected chi connectivity index (χ0v) is 15.0. The zero-order chi connectivity index (χ0) is 15.0. The fourth-order valence-electron chi connectivity index (χ4n) is 2.40. The Bertz CT molecular complexity index is 773. The van der Waals surface area contributed by atoms with Gasteiger partial charge in [0.1, 0.15) is 0 Å². The highest BCUT2D eigenvalue weighted by Gasteiger charge is 2.30. The Hall–Kier alpha value is -0.400. The number of hydrogen-bond acceptors (Lipinski definition) is 3. The maximum Gasteiger partial charge on any atom is 0.244 e. The van der Waals surface area contributed by atoms with E-state index in [-0.39, 0.29) is 0 Å². The molecule has 0 unspecified atom stereocenters. The minimum Gasteiger partial charge on any atom is -0.207 e. The van der Waals surface area contributed by atoms with Gasteiger partial charge in [-0.05, 0) is 57.1 Å². The summed E-state index contributed by atoms with van der Waals surface area (Å²) in [5.74, 6) is 0.296. The Morgan fingerprint density at radius 3 is 2.90 bits per heavy atom.